The van der Waals surface area contributed by atoms with Gasteiger partial charge in [-0.25, -0.2) is 0 Å². The van der Waals surface area contributed by atoms with Crippen LogP contribution >= 0.6 is 7.92 Å². The van der Waals surface area contributed by atoms with Crippen LogP contribution in [0.1, 0.15) is 11.6 Å². The fourth-order valence-corrected chi connectivity index (χ4v) is 6.77. The zero-order valence-electron chi connectivity index (χ0n) is 16.4. The summed E-state index contributed by atoms with van der Waals surface area (Å²) in [6, 6.07) is 33.2. The van der Waals surface area contributed by atoms with Crippen LogP contribution in [0.5, 0.6) is 0 Å². The molecule has 1 nitrogen and oxygen atoms in total. The van der Waals surface area contributed by atoms with Crippen molar-refractivity contribution in [3.8, 4) is 0 Å². The maximum atomic E-state index is 2.40. The summed E-state index contributed by atoms with van der Waals surface area (Å²) in [4.78, 5) is 2.34. The van der Waals surface area contributed by atoms with E-state index in [1.165, 1.54) is 21.7 Å². The van der Waals surface area contributed by atoms with Gasteiger partial charge in [-0.15, -0.1) is 0 Å². The van der Waals surface area contributed by atoms with Crippen LogP contribution in [0, 0.1) is 0 Å². The van der Waals surface area contributed by atoms with Crippen LogP contribution in [-0.4, -0.2) is 24.7 Å². The van der Waals surface area contributed by atoms with Gasteiger partial charge in [0.2, 0.25) is 0 Å². The average Bonchev–Trinajstić information content (AvgIpc) is 3.19. The summed E-state index contributed by atoms with van der Waals surface area (Å²) in [6.07, 6.45) is 6.99. The van der Waals surface area contributed by atoms with E-state index in [0.29, 0.717) is 5.66 Å². The molecule has 1 unspecified atom stereocenters. The molecule has 3 aromatic rings. The molecule has 4 rings (SSSR count). The lowest BCUT2D eigenvalue weighted by Gasteiger charge is -2.34. The summed E-state index contributed by atoms with van der Waals surface area (Å²) in [5.41, 5.74) is 3.23. The molecule has 0 aromatic heterocycles. The standard InChI is InChI=1S/C26H26NP/c1-27(2)26(21-13-6-3-7-14-21)24-19-12-20-25(24)28(22-15-8-4-9-16-22)23-17-10-5-11-18-23/h3-20,25-26H,1-2H3/t25?,26-/m0/s1. The van der Waals surface area contributed by atoms with Gasteiger partial charge in [0.1, 0.15) is 0 Å². The summed E-state index contributed by atoms with van der Waals surface area (Å²) < 4.78 is 0. The molecule has 0 amide bonds. The highest BCUT2D eigenvalue weighted by molar-refractivity contribution is 7.74. The Labute approximate surface area is 169 Å². The van der Waals surface area contributed by atoms with E-state index in [2.05, 4.69) is 128 Å². The van der Waals surface area contributed by atoms with Crippen molar-refractivity contribution in [1.29, 1.82) is 0 Å². The van der Waals surface area contributed by atoms with Gasteiger partial charge in [-0.2, -0.15) is 0 Å². The minimum Gasteiger partial charge on any atom is -0.299 e. The molecule has 0 heterocycles. The van der Waals surface area contributed by atoms with Gasteiger partial charge in [0.05, 0.1) is 6.04 Å². The van der Waals surface area contributed by atoms with Crippen LogP contribution in [0.3, 0.4) is 0 Å². The Hall–Kier alpha value is -2.47. The van der Waals surface area contributed by atoms with E-state index in [0.717, 1.165) is 0 Å². The van der Waals surface area contributed by atoms with Gasteiger partial charge in [0.25, 0.3) is 0 Å². The summed E-state index contributed by atoms with van der Waals surface area (Å²) in [5.74, 6) is 0. The highest BCUT2D eigenvalue weighted by Gasteiger charge is 2.33. The van der Waals surface area contributed by atoms with Crippen LogP contribution in [-0.2, 0) is 0 Å². The lowest BCUT2D eigenvalue weighted by atomic mass is 9.97. The second-order valence-electron chi connectivity index (χ2n) is 7.31. The van der Waals surface area contributed by atoms with Gasteiger partial charge < -0.3 is 0 Å². The predicted octanol–water partition coefficient (Wildman–Crippen LogP) is 5.29. The fourth-order valence-electron chi connectivity index (χ4n) is 4.04. The summed E-state index contributed by atoms with van der Waals surface area (Å²) in [7, 11) is 3.84. The highest BCUT2D eigenvalue weighted by Crippen LogP contribution is 2.49. The van der Waals surface area contributed by atoms with Crippen LogP contribution in [0.4, 0.5) is 0 Å². The van der Waals surface area contributed by atoms with E-state index in [1.807, 2.05) is 0 Å². The van der Waals surface area contributed by atoms with Crippen LogP contribution in [0.25, 0.3) is 0 Å². The first-order valence-electron chi connectivity index (χ1n) is 9.74. The molecule has 0 spiro atoms. The third-order valence-corrected chi connectivity index (χ3v) is 7.95. The highest BCUT2D eigenvalue weighted by atomic mass is 31.1. The van der Waals surface area contributed by atoms with Crippen molar-refractivity contribution in [2.75, 3.05) is 14.1 Å². The molecule has 0 radical (unpaired) electrons. The molecule has 0 saturated carbocycles. The Morgan fingerprint density at radius 1 is 0.714 bits per heavy atom. The molecule has 1 aliphatic rings. The van der Waals surface area contributed by atoms with Crippen molar-refractivity contribution in [1.82, 2.24) is 4.90 Å². The van der Waals surface area contributed by atoms with E-state index in [9.17, 15) is 0 Å². The van der Waals surface area contributed by atoms with Gasteiger partial charge in [-0.3, -0.25) is 4.90 Å². The quantitative estimate of drug-likeness (QED) is 0.523. The lowest BCUT2D eigenvalue weighted by molar-refractivity contribution is 0.335. The first-order chi connectivity index (χ1) is 13.8. The van der Waals surface area contributed by atoms with E-state index < -0.39 is 7.92 Å². The second-order valence-corrected chi connectivity index (χ2v) is 9.64. The van der Waals surface area contributed by atoms with E-state index in [1.54, 1.807) is 0 Å². The number of nitrogens with zero attached hydrogens (tertiary/aromatic N) is 1. The molecule has 0 bridgehead atoms. The van der Waals surface area contributed by atoms with Gasteiger partial charge in [-0.05, 0) is 43.8 Å². The smallest absolute Gasteiger partial charge is 0.0568 e. The number of likely N-dealkylation sites (N-methyl/N-ethyl adjacent to an activating group) is 1. The van der Waals surface area contributed by atoms with Crippen LogP contribution < -0.4 is 10.6 Å². The van der Waals surface area contributed by atoms with Gasteiger partial charge in [0, 0.05) is 5.66 Å². The number of hydrogen-bond donors (Lipinski definition) is 0. The molecule has 28 heavy (non-hydrogen) atoms. The Morgan fingerprint density at radius 3 is 1.71 bits per heavy atom. The molecule has 2 heteroatoms. The Morgan fingerprint density at radius 2 is 1.21 bits per heavy atom. The molecule has 2 atom stereocenters. The normalized spacial score (nSPS) is 17.1. The molecular weight excluding hydrogens is 357 g/mol. The first kappa shape index (κ1) is 18.9. The van der Waals surface area contributed by atoms with E-state index in [-0.39, 0.29) is 6.04 Å². The zero-order valence-corrected chi connectivity index (χ0v) is 17.3. The lowest BCUT2D eigenvalue weighted by Crippen LogP contribution is -2.29. The Balaban J connectivity index is 1.78. The number of hydrogen-bond acceptors (Lipinski definition) is 1. The zero-order chi connectivity index (χ0) is 19.3. The number of rotatable bonds is 6. The molecule has 3 aromatic carbocycles. The van der Waals surface area contributed by atoms with Crippen molar-refractivity contribution in [3.63, 3.8) is 0 Å². The predicted molar refractivity (Wildman–Crippen MR) is 123 cm³/mol. The first-order valence-corrected chi connectivity index (χ1v) is 11.2. The van der Waals surface area contributed by atoms with Crippen LogP contribution in [0.15, 0.2) is 115 Å². The molecule has 1 aliphatic carbocycles. The molecule has 0 N–H and O–H groups in total. The minimum absolute atomic E-state index is 0.277. The monoisotopic (exact) mass is 383 g/mol. The second kappa shape index (κ2) is 8.69. The maximum Gasteiger partial charge on any atom is 0.0568 e. The van der Waals surface area contributed by atoms with Gasteiger partial charge >= 0.3 is 0 Å². The van der Waals surface area contributed by atoms with E-state index in [4.69, 9.17) is 0 Å². The SMILES string of the molecule is CN(C)[C@H](C1=CC=CC1P(c1ccccc1)c1ccccc1)c1ccccc1. The van der Waals surface area contributed by atoms with Crippen molar-refractivity contribution in [3.05, 3.63) is 120 Å². The summed E-state index contributed by atoms with van der Waals surface area (Å²) in [6.45, 7) is 0. The number of allylic oxidation sites excluding steroid dienone is 3. The van der Waals surface area contributed by atoms with Crippen molar-refractivity contribution >= 4 is 18.5 Å². The van der Waals surface area contributed by atoms with Crippen molar-refractivity contribution < 1.29 is 0 Å². The number of benzene rings is 3. The third kappa shape index (κ3) is 3.87. The topological polar surface area (TPSA) is 3.24 Å². The fraction of sp³-hybridized carbons (Fsp3) is 0.154. The summed E-state index contributed by atoms with van der Waals surface area (Å²) in [5, 5.41) is 2.86. The molecular formula is C26H26NP. The van der Waals surface area contributed by atoms with E-state index >= 15 is 0 Å². The molecule has 0 saturated heterocycles. The van der Waals surface area contributed by atoms with Crippen molar-refractivity contribution in [2.24, 2.45) is 0 Å². The maximum absolute atomic E-state index is 2.40. The van der Waals surface area contributed by atoms with Crippen molar-refractivity contribution in [2.45, 2.75) is 11.7 Å². The van der Waals surface area contributed by atoms with Crippen LogP contribution in [0.2, 0.25) is 0 Å². The third-order valence-electron chi connectivity index (χ3n) is 5.22. The Kier molecular flexibility index (Phi) is 5.86. The van der Waals surface area contributed by atoms with Gasteiger partial charge in [0.15, 0.2) is 0 Å². The molecule has 140 valence electrons. The Bertz CT molecular complexity index is 906. The molecule has 0 aliphatic heterocycles. The minimum atomic E-state index is -0.521. The summed E-state index contributed by atoms with van der Waals surface area (Å²) >= 11 is 0. The molecule has 0 fully saturated rings. The van der Waals surface area contributed by atoms with Gasteiger partial charge in [-0.1, -0.05) is 109 Å². The largest absolute Gasteiger partial charge is 0.299 e. The average molecular weight is 383 g/mol.